The molecule has 1 aliphatic heterocycles. The lowest BCUT2D eigenvalue weighted by atomic mass is 9.93. The SMILES string of the molecule is CC(C)(C)c1coc(CNC(=O)c2cnn3c2OCCC3)n1. The number of carbonyl (C=O) groups excluding carboxylic acids is 1. The van der Waals surface area contributed by atoms with E-state index in [1.165, 1.54) is 6.20 Å². The Kier molecular flexibility index (Phi) is 3.64. The molecule has 0 atom stereocenters. The van der Waals surface area contributed by atoms with Gasteiger partial charge in [0.2, 0.25) is 11.8 Å². The number of aryl methyl sites for hydroxylation is 1. The highest BCUT2D eigenvalue weighted by Gasteiger charge is 2.22. The number of nitrogens with one attached hydrogen (secondary N) is 1. The van der Waals surface area contributed by atoms with Crippen molar-refractivity contribution in [3.8, 4) is 5.88 Å². The molecule has 0 saturated carbocycles. The number of carbonyl (C=O) groups is 1. The quantitative estimate of drug-likeness (QED) is 0.936. The summed E-state index contributed by atoms with van der Waals surface area (Å²) in [6.45, 7) is 7.80. The second-order valence-electron chi connectivity index (χ2n) is 6.35. The second-order valence-corrected chi connectivity index (χ2v) is 6.35. The Morgan fingerprint density at radius 1 is 1.45 bits per heavy atom. The summed E-state index contributed by atoms with van der Waals surface area (Å²) in [4.78, 5) is 16.6. The molecule has 0 spiro atoms. The standard InChI is InChI=1S/C15H20N4O3/c1-15(2,3)11-9-22-12(18-11)8-16-13(20)10-7-17-19-5-4-6-21-14(10)19/h7,9H,4-6,8H2,1-3H3,(H,16,20). The third-order valence-electron chi connectivity index (χ3n) is 3.51. The van der Waals surface area contributed by atoms with Crippen LogP contribution in [0.2, 0.25) is 0 Å². The summed E-state index contributed by atoms with van der Waals surface area (Å²) in [7, 11) is 0. The minimum absolute atomic E-state index is 0.0785. The molecule has 0 saturated heterocycles. The highest BCUT2D eigenvalue weighted by Crippen LogP contribution is 2.23. The van der Waals surface area contributed by atoms with Crippen molar-refractivity contribution in [1.29, 1.82) is 0 Å². The van der Waals surface area contributed by atoms with Crippen molar-refractivity contribution in [2.45, 2.75) is 45.7 Å². The Morgan fingerprint density at radius 2 is 2.27 bits per heavy atom. The van der Waals surface area contributed by atoms with E-state index in [2.05, 4.69) is 36.2 Å². The fraction of sp³-hybridized carbons (Fsp3) is 0.533. The van der Waals surface area contributed by atoms with E-state index in [0.29, 0.717) is 23.9 Å². The van der Waals surface area contributed by atoms with Gasteiger partial charge in [0.25, 0.3) is 5.91 Å². The molecule has 1 aliphatic rings. The highest BCUT2D eigenvalue weighted by atomic mass is 16.5. The van der Waals surface area contributed by atoms with Gasteiger partial charge in [0.1, 0.15) is 11.8 Å². The van der Waals surface area contributed by atoms with Gasteiger partial charge in [0.05, 0.1) is 25.0 Å². The van der Waals surface area contributed by atoms with Gasteiger partial charge in [-0.3, -0.25) is 4.79 Å². The summed E-state index contributed by atoms with van der Waals surface area (Å²) in [6, 6.07) is 0. The van der Waals surface area contributed by atoms with Gasteiger partial charge in [-0.15, -0.1) is 0 Å². The maximum absolute atomic E-state index is 12.2. The number of ether oxygens (including phenoxy) is 1. The number of hydrogen-bond donors (Lipinski definition) is 1. The van der Waals surface area contributed by atoms with E-state index in [1.54, 1.807) is 10.9 Å². The molecule has 7 heteroatoms. The van der Waals surface area contributed by atoms with Gasteiger partial charge in [-0.25, -0.2) is 9.67 Å². The smallest absolute Gasteiger partial charge is 0.258 e. The zero-order valence-electron chi connectivity index (χ0n) is 13.0. The predicted molar refractivity (Wildman–Crippen MR) is 78.7 cm³/mol. The summed E-state index contributed by atoms with van der Waals surface area (Å²) in [5, 5.41) is 6.95. The molecule has 2 aromatic rings. The van der Waals surface area contributed by atoms with Crippen LogP contribution in [0, 0.1) is 0 Å². The van der Waals surface area contributed by atoms with Crippen LogP contribution in [0.1, 0.15) is 49.1 Å². The topological polar surface area (TPSA) is 82.2 Å². The number of nitrogens with zero attached hydrogens (tertiary/aromatic N) is 3. The third kappa shape index (κ3) is 2.84. The number of oxazole rings is 1. The van der Waals surface area contributed by atoms with Crippen LogP contribution >= 0.6 is 0 Å². The zero-order valence-corrected chi connectivity index (χ0v) is 13.0. The van der Waals surface area contributed by atoms with Crippen molar-refractivity contribution in [1.82, 2.24) is 20.1 Å². The van der Waals surface area contributed by atoms with Crippen LogP contribution < -0.4 is 10.1 Å². The minimum atomic E-state index is -0.237. The van der Waals surface area contributed by atoms with E-state index in [4.69, 9.17) is 9.15 Å². The fourth-order valence-corrected chi connectivity index (χ4v) is 2.21. The normalized spacial score (nSPS) is 14.3. The number of aromatic nitrogens is 3. The Labute approximate surface area is 128 Å². The van der Waals surface area contributed by atoms with Crippen molar-refractivity contribution < 1.29 is 13.9 Å². The lowest BCUT2D eigenvalue weighted by Crippen LogP contribution is -2.24. The number of amides is 1. The van der Waals surface area contributed by atoms with Crippen molar-refractivity contribution in [2.24, 2.45) is 0 Å². The predicted octanol–water partition coefficient (Wildman–Crippen LogP) is 1.88. The molecule has 2 aromatic heterocycles. The molecular weight excluding hydrogens is 284 g/mol. The summed E-state index contributed by atoms with van der Waals surface area (Å²) < 4.78 is 12.6. The lowest BCUT2D eigenvalue weighted by molar-refractivity contribution is 0.0940. The van der Waals surface area contributed by atoms with Crippen LogP contribution in [0.15, 0.2) is 16.9 Å². The van der Waals surface area contributed by atoms with Crippen LogP contribution in [-0.2, 0) is 18.5 Å². The first kappa shape index (κ1) is 14.6. The molecule has 22 heavy (non-hydrogen) atoms. The third-order valence-corrected chi connectivity index (χ3v) is 3.51. The van der Waals surface area contributed by atoms with E-state index >= 15 is 0 Å². The summed E-state index contributed by atoms with van der Waals surface area (Å²) >= 11 is 0. The van der Waals surface area contributed by atoms with E-state index in [9.17, 15) is 4.79 Å². The van der Waals surface area contributed by atoms with Gasteiger partial charge >= 0.3 is 0 Å². The van der Waals surface area contributed by atoms with Gasteiger partial charge in [-0.2, -0.15) is 5.10 Å². The van der Waals surface area contributed by atoms with Crippen LogP contribution in [0.3, 0.4) is 0 Å². The highest BCUT2D eigenvalue weighted by molar-refractivity contribution is 5.96. The first-order chi connectivity index (χ1) is 10.4. The molecule has 7 nitrogen and oxygen atoms in total. The van der Waals surface area contributed by atoms with E-state index in [0.717, 1.165) is 18.7 Å². The van der Waals surface area contributed by atoms with E-state index in [1.807, 2.05) is 0 Å². The molecule has 0 aromatic carbocycles. The summed E-state index contributed by atoms with van der Waals surface area (Å²) in [5.74, 6) is 0.783. The Hall–Kier alpha value is -2.31. The molecule has 0 radical (unpaired) electrons. The summed E-state index contributed by atoms with van der Waals surface area (Å²) in [6.07, 6.45) is 4.07. The monoisotopic (exact) mass is 304 g/mol. The first-order valence-electron chi connectivity index (χ1n) is 7.37. The van der Waals surface area contributed by atoms with Gasteiger partial charge in [0, 0.05) is 18.4 Å². The fourth-order valence-electron chi connectivity index (χ4n) is 2.21. The zero-order chi connectivity index (χ0) is 15.7. The van der Waals surface area contributed by atoms with Crippen LogP contribution in [-0.4, -0.2) is 27.3 Å². The molecule has 0 unspecified atom stereocenters. The molecular formula is C15H20N4O3. The number of rotatable bonds is 3. The largest absolute Gasteiger partial charge is 0.477 e. The molecule has 0 aliphatic carbocycles. The van der Waals surface area contributed by atoms with Crippen LogP contribution in [0.4, 0.5) is 0 Å². The maximum Gasteiger partial charge on any atom is 0.258 e. The van der Waals surface area contributed by atoms with Gasteiger partial charge in [-0.05, 0) is 0 Å². The number of hydrogen-bond acceptors (Lipinski definition) is 5. The molecule has 3 heterocycles. The van der Waals surface area contributed by atoms with Gasteiger partial charge in [-0.1, -0.05) is 20.8 Å². The van der Waals surface area contributed by atoms with Gasteiger partial charge < -0.3 is 14.5 Å². The molecule has 3 rings (SSSR count). The summed E-state index contributed by atoms with van der Waals surface area (Å²) in [5.41, 5.74) is 1.23. The molecule has 1 amide bonds. The Morgan fingerprint density at radius 3 is 3.00 bits per heavy atom. The lowest BCUT2D eigenvalue weighted by Gasteiger charge is -2.15. The molecule has 1 N–H and O–H groups in total. The van der Waals surface area contributed by atoms with Crippen LogP contribution in [0.25, 0.3) is 0 Å². The molecule has 0 bridgehead atoms. The average molecular weight is 304 g/mol. The van der Waals surface area contributed by atoms with Crippen molar-refractivity contribution in [3.05, 3.63) is 29.6 Å². The van der Waals surface area contributed by atoms with Crippen molar-refractivity contribution >= 4 is 5.91 Å². The maximum atomic E-state index is 12.2. The van der Waals surface area contributed by atoms with Crippen molar-refractivity contribution in [3.63, 3.8) is 0 Å². The Bertz CT molecular complexity index is 681. The minimum Gasteiger partial charge on any atom is -0.477 e. The van der Waals surface area contributed by atoms with E-state index in [-0.39, 0.29) is 17.9 Å². The van der Waals surface area contributed by atoms with Gasteiger partial charge in [0.15, 0.2) is 0 Å². The van der Waals surface area contributed by atoms with E-state index < -0.39 is 0 Å². The van der Waals surface area contributed by atoms with Crippen molar-refractivity contribution in [2.75, 3.05) is 6.61 Å². The van der Waals surface area contributed by atoms with Crippen LogP contribution in [0.5, 0.6) is 5.88 Å². The molecule has 0 fully saturated rings. The first-order valence-corrected chi connectivity index (χ1v) is 7.37. The molecule has 118 valence electrons. The number of fused-ring (bicyclic) bond motifs is 1. The Balaban J connectivity index is 1.65. The average Bonchev–Trinajstić information content (AvgIpc) is 3.11. The second kappa shape index (κ2) is 5.47.